The van der Waals surface area contributed by atoms with Crippen molar-refractivity contribution in [1.82, 2.24) is 0 Å². The van der Waals surface area contributed by atoms with Gasteiger partial charge in [-0.2, -0.15) is 22.7 Å². The highest BCUT2D eigenvalue weighted by molar-refractivity contribution is 7.08. The van der Waals surface area contributed by atoms with Gasteiger partial charge in [0.2, 0.25) is 0 Å². The first kappa shape index (κ1) is 20.9. The Bertz CT molecular complexity index is 759. The highest BCUT2D eigenvalue weighted by Gasteiger charge is 2.18. The van der Waals surface area contributed by atoms with E-state index in [2.05, 4.69) is 71.0 Å². The van der Waals surface area contributed by atoms with E-state index in [1.54, 1.807) is 22.7 Å². The van der Waals surface area contributed by atoms with Gasteiger partial charge in [0, 0.05) is 0 Å². The fourth-order valence-corrected chi connectivity index (χ4v) is 4.15. The lowest BCUT2D eigenvalue weighted by molar-refractivity contribution is -0.686. The molecule has 138 valence electrons. The van der Waals surface area contributed by atoms with Gasteiger partial charge in [0.1, 0.15) is 12.1 Å². The molecule has 2 aromatic heterocycles. The van der Waals surface area contributed by atoms with E-state index in [0.717, 1.165) is 12.1 Å². The fraction of sp³-hybridized carbons (Fsp3) is 0.238. The van der Waals surface area contributed by atoms with Gasteiger partial charge in [-0.1, -0.05) is 29.8 Å². The van der Waals surface area contributed by atoms with Crippen LogP contribution in [0.5, 0.6) is 0 Å². The normalized spacial score (nSPS) is 12.9. The summed E-state index contributed by atoms with van der Waals surface area (Å²) in [6.07, 6.45) is 1.81. The molecule has 3 N–H and O–H groups in total. The Morgan fingerprint density at radius 1 is 1.04 bits per heavy atom. The lowest BCUT2D eigenvalue weighted by atomic mass is 10.0. The van der Waals surface area contributed by atoms with Crippen LogP contribution < -0.4 is 17.7 Å². The van der Waals surface area contributed by atoms with Crippen LogP contribution in [0.1, 0.15) is 35.3 Å². The van der Waals surface area contributed by atoms with E-state index in [-0.39, 0.29) is 18.4 Å². The van der Waals surface area contributed by atoms with Crippen LogP contribution in [-0.2, 0) is 0 Å². The van der Waals surface area contributed by atoms with E-state index in [1.807, 2.05) is 12.1 Å². The molecule has 2 heterocycles. The number of aliphatic hydroxyl groups is 1. The van der Waals surface area contributed by atoms with Crippen LogP contribution in [0.4, 0.5) is 0 Å². The maximum Gasteiger partial charge on any atom is 0.130 e. The van der Waals surface area contributed by atoms with Crippen molar-refractivity contribution in [3.05, 3.63) is 86.2 Å². The molecule has 0 amide bonds. The summed E-state index contributed by atoms with van der Waals surface area (Å²) in [6, 6.07) is 12.6. The molecule has 0 aliphatic carbocycles. The molecular weight excluding hydrogens is 382 g/mol. The van der Waals surface area contributed by atoms with Gasteiger partial charge in [0.05, 0.1) is 6.54 Å². The van der Waals surface area contributed by atoms with Gasteiger partial charge in [0.25, 0.3) is 0 Å². The van der Waals surface area contributed by atoms with E-state index in [0.29, 0.717) is 0 Å². The van der Waals surface area contributed by atoms with Crippen molar-refractivity contribution < 1.29 is 22.8 Å². The number of quaternary nitrogens is 1. The number of aliphatic hydroxyl groups excluding tert-OH is 1. The van der Waals surface area contributed by atoms with Gasteiger partial charge in [-0.15, -0.1) is 0 Å². The second-order valence-corrected chi connectivity index (χ2v) is 7.89. The standard InChI is InChI=1S/C21H23NOS2.ClH/c1-15-3-5-17(6-4-15)21(23)16(2)22-10-7-20(18-8-11-24-13-18)19-9-12-25-14-19;/h3-9,11-14,16,21-23H,10H2,1-2H3;1H. The van der Waals surface area contributed by atoms with Gasteiger partial charge in [-0.05, 0) is 75.8 Å². The van der Waals surface area contributed by atoms with Crippen LogP contribution >= 0.6 is 22.7 Å². The van der Waals surface area contributed by atoms with E-state index in [4.69, 9.17) is 0 Å². The van der Waals surface area contributed by atoms with Crippen molar-refractivity contribution in [1.29, 1.82) is 0 Å². The average Bonchev–Trinajstić information content (AvgIpc) is 3.32. The molecule has 5 heteroatoms. The lowest BCUT2D eigenvalue weighted by Gasteiger charge is -2.17. The molecule has 0 bridgehead atoms. The third kappa shape index (κ3) is 5.29. The Morgan fingerprint density at radius 2 is 1.62 bits per heavy atom. The molecule has 0 aliphatic heterocycles. The van der Waals surface area contributed by atoms with Crippen LogP contribution in [0.15, 0.2) is 64.0 Å². The number of benzene rings is 1. The summed E-state index contributed by atoms with van der Waals surface area (Å²) < 4.78 is 0. The molecule has 26 heavy (non-hydrogen) atoms. The number of aryl methyl sites for hydroxylation is 1. The van der Waals surface area contributed by atoms with E-state index in [9.17, 15) is 5.11 Å². The number of rotatable bonds is 7. The van der Waals surface area contributed by atoms with Crippen LogP contribution in [0.25, 0.3) is 5.57 Å². The summed E-state index contributed by atoms with van der Waals surface area (Å²) in [5, 5.41) is 21.4. The van der Waals surface area contributed by atoms with Crippen molar-refractivity contribution >= 4 is 28.2 Å². The van der Waals surface area contributed by atoms with Crippen LogP contribution in [0, 0.1) is 6.92 Å². The van der Waals surface area contributed by atoms with Gasteiger partial charge in [0.15, 0.2) is 0 Å². The molecule has 0 aliphatic rings. The summed E-state index contributed by atoms with van der Waals surface area (Å²) in [7, 11) is 0. The molecule has 0 saturated heterocycles. The molecule has 0 spiro atoms. The van der Waals surface area contributed by atoms with Gasteiger partial charge in [-0.3, -0.25) is 0 Å². The minimum atomic E-state index is -0.459. The SMILES string of the molecule is Cc1ccc(C(O)C(C)[NH2+]CC=C(c2ccsc2)c2ccsc2)cc1.[Cl-]. The maximum absolute atomic E-state index is 10.6. The van der Waals surface area contributed by atoms with Gasteiger partial charge >= 0.3 is 0 Å². The summed E-state index contributed by atoms with van der Waals surface area (Å²) >= 11 is 3.44. The van der Waals surface area contributed by atoms with Crippen molar-refractivity contribution in [2.24, 2.45) is 0 Å². The second kappa shape index (κ2) is 10.0. The van der Waals surface area contributed by atoms with Crippen LogP contribution in [0.3, 0.4) is 0 Å². The molecule has 2 atom stereocenters. The van der Waals surface area contributed by atoms with Crippen molar-refractivity contribution in [3.8, 4) is 0 Å². The average molecular weight is 406 g/mol. The third-order valence-electron chi connectivity index (χ3n) is 4.41. The van der Waals surface area contributed by atoms with Crippen LogP contribution in [0.2, 0.25) is 0 Å². The molecule has 2 nitrogen and oxygen atoms in total. The zero-order valence-corrected chi connectivity index (χ0v) is 17.3. The summed E-state index contributed by atoms with van der Waals surface area (Å²) in [5.41, 5.74) is 6.00. The van der Waals surface area contributed by atoms with Gasteiger partial charge in [-0.25, -0.2) is 0 Å². The molecule has 0 fully saturated rings. The Kier molecular flexibility index (Phi) is 8.07. The predicted molar refractivity (Wildman–Crippen MR) is 108 cm³/mol. The van der Waals surface area contributed by atoms with E-state index < -0.39 is 6.10 Å². The predicted octanol–water partition coefficient (Wildman–Crippen LogP) is 1.24. The highest BCUT2D eigenvalue weighted by atomic mass is 35.5. The Hall–Kier alpha value is -1.43. The maximum atomic E-state index is 10.6. The van der Waals surface area contributed by atoms with E-state index in [1.165, 1.54) is 22.3 Å². The molecule has 2 unspecified atom stereocenters. The topological polar surface area (TPSA) is 36.8 Å². The first-order valence-corrected chi connectivity index (χ1v) is 10.4. The minimum Gasteiger partial charge on any atom is -1.00 e. The fourth-order valence-electron chi connectivity index (χ4n) is 2.83. The van der Waals surface area contributed by atoms with Crippen molar-refractivity contribution in [3.63, 3.8) is 0 Å². The summed E-state index contributed by atoms with van der Waals surface area (Å²) in [6.45, 7) is 4.98. The van der Waals surface area contributed by atoms with Gasteiger partial charge < -0.3 is 22.8 Å². The quantitative estimate of drug-likeness (QED) is 0.609. The molecule has 0 saturated carbocycles. The summed E-state index contributed by atoms with van der Waals surface area (Å²) in [4.78, 5) is 0. The highest BCUT2D eigenvalue weighted by Crippen LogP contribution is 2.26. The Balaban J connectivity index is 0.00000243. The molecular formula is C21H24ClNOS2. The van der Waals surface area contributed by atoms with Crippen LogP contribution in [-0.4, -0.2) is 17.7 Å². The van der Waals surface area contributed by atoms with Crippen molar-refractivity contribution in [2.75, 3.05) is 6.54 Å². The second-order valence-electron chi connectivity index (χ2n) is 6.33. The van der Waals surface area contributed by atoms with E-state index >= 15 is 0 Å². The molecule has 3 aromatic rings. The minimum absolute atomic E-state index is 0. The zero-order valence-electron chi connectivity index (χ0n) is 14.9. The molecule has 1 aromatic carbocycles. The largest absolute Gasteiger partial charge is 1.00 e. The molecule has 0 radical (unpaired) electrons. The summed E-state index contributed by atoms with van der Waals surface area (Å²) in [5.74, 6) is 0. The molecule has 3 rings (SSSR count). The number of hydrogen-bond donors (Lipinski definition) is 2. The Morgan fingerprint density at radius 3 is 2.12 bits per heavy atom. The smallest absolute Gasteiger partial charge is 0.130 e. The lowest BCUT2D eigenvalue weighted by Crippen LogP contribution is -3.00. The third-order valence-corrected chi connectivity index (χ3v) is 5.78. The van der Waals surface area contributed by atoms with Crippen molar-refractivity contribution in [2.45, 2.75) is 26.0 Å². The Labute approximate surface area is 169 Å². The zero-order chi connectivity index (χ0) is 17.6. The first-order chi connectivity index (χ1) is 12.1. The number of hydrogen-bond acceptors (Lipinski definition) is 3. The first-order valence-electron chi connectivity index (χ1n) is 8.48. The monoisotopic (exact) mass is 405 g/mol. The number of nitrogens with two attached hydrogens (primary N) is 1. The number of thiophene rings is 2. The number of halogens is 1.